The summed E-state index contributed by atoms with van der Waals surface area (Å²) in [5.74, 6) is 0.993. The van der Waals surface area contributed by atoms with Crippen molar-refractivity contribution in [2.75, 3.05) is 6.61 Å². The quantitative estimate of drug-likeness (QED) is 0.684. The molecule has 1 aliphatic carbocycles. The molecule has 0 bridgehead atoms. The minimum Gasteiger partial charge on any atom is -0.493 e. The molecule has 1 atom stereocenters. The van der Waals surface area contributed by atoms with Crippen LogP contribution in [0.3, 0.4) is 0 Å². The van der Waals surface area contributed by atoms with E-state index in [1.165, 1.54) is 31.2 Å². The lowest BCUT2D eigenvalue weighted by molar-refractivity contribution is 0.307. The molecule has 1 fully saturated rings. The number of ether oxygens (including phenoxy) is 1. The van der Waals surface area contributed by atoms with Gasteiger partial charge in [-0.15, -0.1) is 11.6 Å². The van der Waals surface area contributed by atoms with Crippen LogP contribution in [-0.2, 0) is 6.42 Å². The van der Waals surface area contributed by atoms with Gasteiger partial charge in [-0.3, -0.25) is 0 Å². The van der Waals surface area contributed by atoms with E-state index < -0.39 is 0 Å². The lowest BCUT2D eigenvalue weighted by atomic mass is 9.81. The standard InChI is InChI=1S/C15H18Cl2O/c1-15(5-2-3-6-15)14(17)12-9-11(16)8-10-4-7-18-13(10)12/h8-9,14H,2-7H2,1H3. The van der Waals surface area contributed by atoms with Gasteiger partial charge in [0.2, 0.25) is 0 Å². The molecule has 98 valence electrons. The highest BCUT2D eigenvalue weighted by atomic mass is 35.5. The Labute approximate surface area is 118 Å². The number of alkyl halides is 1. The Kier molecular flexibility index (Phi) is 3.23. The molecule has 18 heavy (non-hydrogen) atoms. The molecule has 0 radical (unpaired) electrons. The number of hydrogen-bond acceptors (Lipinski definition) is 1. The van der Waals surface area contributed by atoms with Gasteiger partial charge in [-0.05, 0) is 36.0 Å². The summed E-state index contributed by atoms with van der Waals surface area (Å²) < 4.78 is 5.77. The van der Waals surface area contributed by atoms with Crippen LogP contribution in [0.1, 0.15) is 49.1 Å². The highest BCUT2D eigenvalue weighted by molar-refractivity contribution is 6.31. The van der Waals surface area contributed by atoms with Crippen molar-refractivity contribution >= 4 is 23.2 Å². The van der Waals surface area contributed by atoms with Gasteiger partial charge in [0.15, 0.2) is 0 Å². The van der Waals surface area contributed by atoms with Crippen molar-refractivity contribution in [2.24, 2.45) is 5.41 Å². The second kappa shape index (κ2) is 4.61. The van der Waals surface area contributed by atoms with Gasteiger partial charge in [-0.2, -0.15) is 0 Å². The Balaban J connectivity index is 2.01. The largest absolute Gasteiger partial charge is 0.493 e. The van der Waals surface area contributed by atoms with Crippen LogP contribution in [0.5, 0.6) is 5.75 Å². The van der Waals surface area contributed by atoms with Crippen molar-refractivity contribution < 1.29 is 4.74 Å². The van der Waals surface area contributed by atoms with Gasteiger partial charge < -0.3 is 4.74 Å². The number of benzene rings is 1. The third-order valence-corrected chi connectivity index (χ3v) is 5.39. The monoisotopic (exact) mass is 284 g/mol. The summed E-state index contributed by atoms with van der Waals surface area (Å²) >= 11 is 13.0. The predicted octanol–water partition coefficient (Wildman–Crippen LogP) is 5.14. The van der Waals surface area contributed by atoms with Gasteiger partial charge in [0.05, 0.1) is 12.0 Å². The second-order valence-electron chi connectivity index (χ2n) is 5.81. The lowest BCUT2D eigenvalue weighted by Gasteiger charge is -2.30. The highest BCUT2D eigenvalue weighted by Crippen LogP contribution is 2.53. The summed E-state index contributed by atoms with van der Waals surface area (Å²) in [6.45, 7) is 3.04. The van der Waals surface area contributed by atoms with Gasteiger partial charge in [-0.1, -0.05) is 31.4 Å². The molecular formula is C15H18Cl2O. The Hall–Kier alpha value is -0.400. The molecule has 1 nitrogen and oxygen atoms in total. The SMILES string of the molecule is CC1(C(Cl)c2cc(Cl)cc3c2OCC3)CCCC1. The molecule has 3 rings (SSSR count). The predicted molar refractivity (Wildman–Crippen MR) is 75.8 cm³/mol. The van der Waals surface area contributed by atoms with Gasteiger partial charge >= 0.3 is 0 Å². The summed E-state index contributed by atoms with van der Waals surface area (Å²) in [7, 11) is 0. The van der Waals surface area contributed by atoms with Gasteiger partial charge in [0.1, 0.15) is 5.75 Å². The minimum absolute atomic E-state index is 0.00514. The first-order chi connectivity index (χ1) is 8.60. The number of halogens is 2. The zero-order valence-corrected chi connectivity index (χ0v) is 12.2. The molecule has 0 aromatic heterocycles. The molecule has 1 saturated carbocycles. The summed E-state index contributed by atoms with van der Waals surface area (Å²) in [6.07, 6.45) is 5.90. The molecule has 0 amide bonds. The van der Waals surface area contributed by atoms with Crippen molar-refractivity contribution in [2.45, 2.75) is 44.4 Å². The van der Waals surface area contributed by atoms with E-state index in [2.05, 4.69) is 6.92 Å². The third kappa shape index (κ3) is 2.02. The molecule has 1 unspecified atom stereocenters. The zero-order chi connectivity index (χ0) is 12.8. The average molecular weight is 285 g/mol. The smallest absolute Gasteiger partial charge is 0.127 e. The number of rotatable bonds is 2. The summed E-state index contributed by atoms with van der Waals surface area (Å²) in [5.41, 5.74) is 2.50. The van der Waals surface area contributed by atoms with Crippen LogP contribution in [0.4, 0.5) is 0 Å². The molecule has 0 spiro atoms. The first-order valence-electron chi connectivity index (χ1n) is 6.69. The molecule has 3 heteroatoms. The topological polar surface area (TPSA) is 9.23 Å². The fourth-order valence-corrected chi connectivity index (χ4v) is 3.93. The van der Waals surface area contributed by atoms with Crippen molar-refractivity contribution in [1.29, 1.82) is 0 Å². The van der Waals surface area contributed by atoms with Crippen molar-refractivity contribution in [3.05, 3.63) is 28.3 Å². The fraction of sp³-hybridized carbons (Fsp3) is 0.600. The lowest BCUT2D eigenvalue weighted by Crippen LogP contribution is -2.18. The molecule has 1 heterocycles. The first kappa shape index (κ1) is 12.6. The van der Waals surface area contributed by atoms with Crippen LogP contribution in [0.15, 0.2) is 12.1 Å². The van der Waals surface area contributed by atoms with Crippen LogP contribution in [-0.4, -0.2) is 6.61 Å². The molecular weight excluding hydrogens is 267 g/mol. The van der Waals surface area contributed by atoms with E-state index in [-0.39, 0.29) is 10.8 Å². The Morgan fingerprint density at radius 3 is 2.72 bits per heavy atom. The average Bonchev–Trinajstić information content (AvgIpc) is 2.96. The molecule has 1 aromatic carbocycles. The van der Waals surface area contributed by atoms with Crippen LogP contribution in [0.25, 0.3) is 0 Å². The first-order valence-corrected chi connectivity index (χ1v) is 7.51. The van der Waals surface area contributed by atoms with E-state index in [1.807, 2.05) is 12.1 Å². The van der Waals surface area contributed by atoms with Crippen molar-refractivity contribution in [3.8, 4) is 5.75 Å². The number of fused-ring (bicyclic) bond motifs is 1. The summed E-state index contributed by atoms with van der Waals surface area (Å²) in [6, 6.07) is 4.00. The third-order valence-electron chi connectivity index (χ3n) is 4.41. The van der Waals surface area contributed by atoms with E-state index >= 15 is 0 Å². The van der Waals surface area contributed by atoms with Crippen LogP contribution < -0.4 is 4.74 Å². The molecule has 2 aliphatic rings. The van der Waals surface area contributed by atoms with Gasteiger partial charge in [0, 0.05) is 17.0 Å². The van der Waals surface area contributed by atoms with E-state index in [1.54, 1.807) is 0 Å². The van der Waals surface area contributed by atoms with Crippen LogP contribution in [0.2, 0.25) is 5.02 Å². The highest BCUT2D eigenvalue weighted by Gasteiger charge is 2.39. The Morgan fingerprint density at radius 2 is 2.00 bits per heavy atom. The number of hydrogen-bond donors (Lipinski definition) is 0. The maximum absolute atomic E-state index is 6.77. The van der Waals surface area contributed by atoms with E-state index in [0.717, 1.165) is 29.4 Å². The van der Waals surface area contributed by atoms with Crippen LogP contribution in [0, 0.1) is 5.41 Å². The van der Waals surface area contributed by atoms with E-state index in [0.29, 0.717) is 0 Å². The fourth-order valence-electron chi connectivity index (χ4n) is 3.30. The molecule has 0 saturated heterocycles. The van der Waals surface area contributed by atoms with E-state index in [4.69, 9.17) is 27.9 Å². The Bertz CT molecular complexity index is 464. The minimum atomic E-state index is 0.00514. The molecule has 1 aliphatic heterocycles. The van der Waals surface area contributed by atoms with Gasteiger partial charge in [0.25, 0.3) is 0 Å². The maximum Gasteiger partial charge on any atom is 0.127 e. The summed E-state index contributed by atoms with van der Waals surface area (Å²) in [4.78, 5) is 0. The van der Waals surface area contributed by atoms with Crippen molar-refractivity contribution in [3.63, 3.8) is 0 Å². The normalized spacial score (nSPS) is 22.6. The summed E-state index contributed by atoms with van der Waals surface area (Å²) in [5, 5.41) is 0.784. The van der Waals surface area contributed by atoms with Crippen molar-refractivity contribution in [1.82, 2.24) is 0 Å². The zero-order valence-electron chi connectivity index (χ0n) is 10.6. The van der Waals surface area contributed by atoms with Crippen LogP contribution >= 0.6 is 23.2 Å². The van der Waals surface area contributed by atoms with Gasteiger partial charge in [-0.25, -0.2) is 0 Å². The Morgan fingerprint density at radius 1 is 1.28 bits per heavy atom. The maximum atomic E-state index is 6.77. The second-order valence-corrected chi connectivity index (χ2v) is 6.68. The molecule has 0 N–H and O–H groups in total. The molecule has 1 aromatic rings. The van der Waals surface area contributed by atoms with E-state index in [9.17, 15) is 0 Å².